The van der Waals surface area contributed by atoms with E-state index in [9.17, 15) is 9.90 Å². The number of rotatable bonds is 4. The summed E-state index contributed by atoms with van der Waals surface area (Å²) in [5.41, 5.74) is 7.91. The molecule has 0 saturated carbocycles. The topological polar surface area (TPSA) is 79.5 Å². The van der Waals surface area contributed by atoms with Crippen LogP contribution >= 0.6 is 0 Å². The third kappa shape index (κ3) is 3.01. The smallest absolute Gasteiger partial charge is 0.337 e. The van der Waals surface area contributed by atoms with Crippen LogP contribution in [0.4, 0.5) is 11.4 Å². The maximum absolute atomic E-state index is 11.2. The lowest BCUT2D eigenvalue weighted by Crippen LogP contribution is -2.19. The van der Waals surface area contributed by atoms with Gasteiger partial charge in [-0.15, -0.1) is 0 Å². The molecule has 5 heteroatoms. The first kappa shape index (κ1) is 12.9. The molecule has 1 heterocycles. The van der Waals surface area contributed by atoms with Crippen LogP contribution in [0.3, 0.4) is 0 Å². The third-order valence-electron chi connectivity index (χ3n) is 2.80. The van der Waals surface area contributed by atoms with Crippen molar-refractivity contribution in [2.24, 2.45) is 0 Å². The molecule has 2 aromatic rings. The summed E-state index contributed by atoms with van der Waals surface area (Å²) < 4.78 is 0. The van der Waals surface area contributed by atoms with Crippen molar-refractivity contribution in [3.05, 3.63) is 53.9 Å². The molecule has 0 amide bonds. The number of hydrogen-bond acceptors (Lipinski definition) is 4. The number of benzene rings is 1. The van der Waals surface area contributed by atoms with Crippen LogP contribution in [0.2, 0.25) is 0 Å². The zero-order valence-electron chi connectivity index (χ0n) is 10.6. The molecule has 5 nitrogen and oxygen atoms in total. The average Bonchev–Trinajstić information content (AvgIpc) is 2.39. The first-order valence-electron chi connectivity index (χ1n) is 5.81. The van der Waals surface area contributed by atoms with Gasteiger partial charge in [0.05, 0.1) is 11.3 Å². The third-order valence-corrected chi connectivity index (χ3v) is 2.80. The Morgan fingerprint density at radius 2 is 2.21 bits per heavy atom. The van der Waals surface area contributed by atoms with Gasteiger partial charge in [-0.1, -0.05) is 6.07 Å². The van der Waals surface area contributed by atoms with Crippen molar-refractivity contribution >= 4 is 17.3 Å². The quantitative estimate of drug-likeness (QED) is 0.819. The van der Waals surface area contributed by atoms with E-state index in [2.05, 4.69) is 4.98 Å². The molecule has 0 fully saturated rings. The van der Waals surface area contributed by atoms with Gasteiger partial charge in [-0.3, -0.25) is 4.98 Å². The highest BCUT2D eigenvalue weighted by atomic mass is 16.4. The highest BCUT2D eigenvalue weighted by Gasteiger charge is 2.14. The van der Waals surface area contributed by atoms with Crippen molar-refractivity contribution in [2.75, 3.05) is 17.7 Å². The second kappa shape index (κ2) is 5.39. The summed E-state index contributed by atoms with van der Waals surface area (Å²) in [7, 11) is 1.84. The van der Waals surface area contributed by atoms with E-state index in [0.717, 1.165) is 5.56 Å². The maximum atomic E-state index is 11.2. The average molecular weight is 257 g/mol. The Labute approximate surface area is 111 Å². The van der Waals surface area contributed by atoms with Crippen molar-refractivity contribution in [3.8, 4) is 0 Å². The number of aromatic carboxylic acids is 1. The van der Waals surface area contributed by atoms with E-state index < -0.39 is 5.97 Å². The van der Waals surface area contributed by atoms with Crippen LogP contribution in [0.1, 0.15) is 15.9 Å². The van der Waals surface area contributed by atoms with E-state index in [1.165, 1.54) is 6.07 Å². The summed E-state index contributed by atoms with van der Waals surface area (Å²) in [4.78, 5) is 17.1. The van der Waals surface area contributed by atoms with Crippen molar-refractivity contribution in [1.29, 1.82) is 0 Å². The second-order valence-electron chi connectivity index (χ2n) is 4.30. The van der Waals surface area contributed by atoms with Gasteiger partial charge in [0.1, 0.15) is 0 Å². The van der Waals surface area contributed by atoms with Crippen molar-refractivity contribution in [2.45, 2.75) is 6.54 Å². The molecule has 0 aliphatic carbocycles. The fourth-order valence-electron chi connectivity index (χ4n) is 1.91. The molecular formula is C14H15N3O2. The summed E-state index contributed by atoms with van der Waals surface area (Å²) in [6.07, 6.45) is 3.46. The Kier molecular flexibility index (Phi) is 3.66. The molecule has 0 unspecified atom stereocenters. The summed E-state index contributed by atoms with van der Waals surface area (Å²) in [6, 6.07) is 8.68. The summed E-state index contributed by atoms with van der Waals surface area (Å²) in [5.74, 6) is -0.986. The van der Waals surface area contributed by atoms with Crippen LogP contribution in [0.5, 0.6) is 0 Å². The largest absolute Gasteiger partial charge is 0.478 e. The number of pyridine rings is 1. The summed E-state index contributed by atoms with van der Waals surface area (Å²) in [6.45, 7) is 0.581. The lowest BCUT2D eigenvalue weighted by molar-refractivity contribution is 0.0697. The van der Waals surface area contributed by atoms with Crippen LogP contribution in [0.15, 0.2) is 42.7 Å². The molecule has 3 N–H and O–H groups in total. The van der Waals surface area contributed by atoms with Gasteiger partial charge in [0.15, 0.2) is 0 Å². The van der Waals surface area contributed by atoms with Crippen LogP contribution in [-0.4, -0.2) is 23.1 Å². The molecule has 0 saturated heterocycles. The zero-order valence-corrected chi connectivity index (χ0v) is 10.6. The molecule has 98 valence electrons. The summed E-state index contributed by atoms with van der Waals surface area (Å²) >= 11 is 0. The number of carboxylic acids is 1. The fraction of sp³-hybridized carbons (Fsp3) is 0.143. The molecule has 0 atom stereocenters. The van der Waals surface area contributed by atoms with Crippen LogP contribution in [0, 0.1) is 0 Å². The number of hydrogen-bond donors (Lipinski definition) is 2. The second-order valence-corrected chi connectivity index (χ2v) is 4.30. The Morgan fingerprint density at radius 1 is 1.42 bits per heavy atom. The Balaban J connectivity index is 2.28. The van der Waals surface area contributed by atoms with E-state index in [1.54, 1.807) is 24.5 Å². The minimum absolute atomic E-state index is 0.200. The minimum atomic E-state index is -0.986. The van der Waals surface area contributed by atoms with Crippen molar-refractivity contribution < 1.29 is 9.90 Å². The monoisotopic (exact) mass is 257 g/mol. The van der Waals surface area contributed by atoms with Crippen molar-refractivity contribution in [3.63, 3.8) is 0 Å². The first-order valence-corrected chi connectivity index (χ1v) is 5.81. The van der Waals surface area contributed by atoms with E-state index in [0.29, 0.717) is 17.9 Å². The maximum Gasteiger partial charge on any atom is 0.337 e. The van der Waals surface area contributed by atoms with E-state index in [4.69, 9.17) is 5.73 Å². The molecule has 1 aromatic heterocycles. The van der Waals surface area contributed by atoms with E-state index in [-0.39, 0.29) is 5.56 Å². The van der Waals surface area contributed by atoms with Gasteiger partial charge in [0.2, 0.25) is 0 Å². The van der Waals surface area contributed by atoms with Gasteiger partial charge in [-0.2, -0.15) is 0 Å². The SMILES string of the molecule is CN(Cc1cccnc1)c1ccc(N)cc1C(=O)O. The normalized spacial score (nSPS) is 10.2. The van der Waals surface area contributed by atoms with Gasteiger partial charge < -0.3 is 15.7 Å². The number of carboxylic acid groups (broad SMARTS) is 1. The Bertz CT molecular complexity index is 584. The van der Waals surface area contributed by atoms with Gasteiger partial charge in [0.25, 0.3) is 0 Å². The number of nitrogen functional groups attached to an aromatic ring is 1. The molecule has 0 aliphatic rings. The molecular weight excluding hydrogens is 242 g/mol. The molecule has 0 radical (unpaired) electrons. The van der Waals surface area contributed by atoms with Gasteiger partial charge >= 0.3 is 5.97 Å². The number of nitrogens with two attached hydrogens (primary N) is 1. The number of anilines is 2. The molecule has 19 heavy (non-hydrogen) atoms. The molecule has 2 rings (SSSR count). The van der Waals surface area contributed by atoms with Crippen LogP contribution < -0.4 is 10.6 Å². The Morgan fingerprint density at radius 3 is 2.84 bits per heavy atom. The highest BCUT2D eigenvalue weighted by Crippen LogP contribution is 2.23. The number of nitrogens with zero attached hydrogens (tertiary/aromatic N) is 2. The van der Waals surface area contributed by atoms with Gasteiger partial charge in [-0.05, 0) is 29.8 Å². The van der Waals surface area contributed by atoms with E-state index >= 15 is 0 Å². The standard InChI is InChI=1S/C14H15N3O2/c1-17(9-10-3-2-6-16-8-10)13-5-4-11(15)7-12(13)14(18)19/h2-8H,9,15H2,1H3,(H,18,19). The first-order chi connectivity index (χ1) is 9.08. The van der Waals surface area contributed by atoms with Crippen molar-refractivity contribution in [1.82, 2.24) is 4.98 Å². The lowest BCUT2D eigenvalue weighted by Gasteiger charge is -2.21. The van der Waals surface area contributed by atoms with Gasteiger partial charge in [-0.25, -0.2) is 4.79 Å². The number of aromatic nitrogens is 1. The highest BCUT2D eigenvalue weighted by molar-refractivity contribution is 5.95. The minimum Gasteiger partial charge on any atom is -0.478 e. The molecule has 0 spiro atoms. The molecule has 1 aromatic carbocycles. The van der Waals surface area contributed by atoms with E-state index in [1.807, 2.05) is 24.1 Å². The lowest BCUT2D eigenvalue weighted by atomic mass is 10.1. The number of carbonyl (C=O) groups is 1. The predicted octanol–water partition coefficient (Wildman–Crippen LogP) is 2.00. The zero-order chi connectivity index (χ0) is 13.8. The molecule has 0 bridgehead atoms. The van der Waals surface area contributed by atoms with Crippen LogP contribution in [0.25, 0.3) is 0 Å². The van der Waals surface area contributed by atoms with Crippen LogP contribution in [-0.2, 0) is 6.54 Å². The fourth-order valence-corrected chi connectivity index (χ4v) is 1.91. The van der Waals surface area contributed by atoms with Gasteiger partial charge in [0, 0.05) is 31.7 Å². The molecule has 0 aliphatic heterocycles. The predicted molar refractivity (Wildman–Crippen MR) is 74.2 cm³/mol. The summed E-state index contributed by atoms with van der Waals surface area (Å²) in [5, 5.41) is 9.21. The Hall–Kier alpha value is -2.56.